The van der Waals surface area contributed by atoms with Crippen molar-refractivity contribution in [3.8, 4) is 5.75 Å². The zero-order valence-corrected chi connectivity index (χ0v) is 15.7. The lowest BCUT2D eigenvalue weighted by molar-refractivity contribution is -0.137. The summed E-state index contributed by atoms with van der Waals surface area (Å²) < 4.78 is 38.2. The summed E-state index contributed by atoms with van der Waals surface area (Å²) in [6.07, 6.45) is 0.711. The first kappa shape index (κ1) is 19.1. The van der Waals surface area contributed by atoms with Crippen molar-refractivity contribution in [2.45, 2.75) is 38.4 Å². The number of fused-ring (bicyclic) bond motifs is 1. The number of alkyl halides is 3. The highest BCUT2D eigenvalue weighted by molar-refractivity contribution is 5.44. The fraction of sp³-hybridized carbons (Fsp3) is 0.476. The highest BCUT2D eigenvalue weighted by atomic mass is 19.4. The maximum atomic E-state index is 12.7. The Hall–Kier alpha value is -2.28. The molecule has 0 amide bonds. The second-order valence-corrected chi connectivity index (χ2v) is 7.62. The van der Waals surface area contributed by atoms with Gasteiger partial charge in [-0.05, 0) is 55.0 Å². The van der Waals surface area contributed by atoms with Crippen LogP contribution in [0.15, 0.2) is 30.5 Å². The third kappa shape index (κ3) is 4.09. The lowest BCUT2D eigenvalue weighted by Crippen LogP contribution is -2.31. The second-order valence-electron chi connectivity index (χ2n) is 7.62. The number of phenols is 1. The van der Waals surface area contributed by atoms with E-state index in [4.69, 9.17) is 0 Å². The van der Waals surface area contributed by atoms with Gasteiger partial charge in [-0.25, -0.2) is 4.98 Å². The van der Waals surface area contributed by atoms with Crippen LogP contribution in [0, 0.1) is 0 Å². The molecule has 0 spiro atoms. The van der Waals surface area contributed by atoms with Crippen LogP contribution in [0.3, 0.4) is 0 Å². The molecule has 1 N–H and O–H groups in total. The van der Waals surface area contributed by atoms with Crippen molar-refractivity contribution in [2.75, 3.05) is 31.1 Å². The van der Waals surface area contributed by atoms with Gasteiger partial charge in [0, 0.05) is 44.5 Å². The van der Waals surface area contributed by atoms with Crippen LogP contribution in [0.2, 0.25) is 0 Å². The molecule has 7 heteroatoms. The Balaban J connectivity index is 1.40. The minimum atomic E-state index is -4.36. The lowest BCUT2D eigenvalue weighted by Gasteiger charge is -2.23. The number of benzene rings is 1. The zero-order chi connectivity index (χ0) is 19.7. The Morgan fingerprint density at radius 3 is 2.46 bits per heavy atom. The van der Waals surface area contributed by atoms with Gasteiger partial charge in [0.1, 0.15) is 11.6 Å². The minimum Gasteiger partial charge on any atom is -0.508 e. The van der Waals surface area contributed by atoms with Crippen molar-refractivity contribution in [1.82, 2.24) is 9.88 Å². The summed E-state index contributed by atoms with van der Waals surface area (Å²) in [5.74, 6) is 0.946. The molecule has 1 saturated heterocycles. The van der Waals surface area contributed by atoms with Crippen LogP contribution in [0.4, 0.5) is 19.0 Å². The fourth-order valence-electron chi connectivity index (χ4n) is 4.13. The van der Waals surface area contributed by atoms with Crippen molar-refractivity contribution in [3.05, 3.63) is 52.7 Å². The maximum absolute atomic E-state index is 12.7. The number of aryl methyl sites for hydroxylation is 2. The molecule has 4 nitrogen and oxygen atoms in total. The van der Waals surface area contributed by atoms with Crippen LogP contribution >= 0.6 is 0 Å². The standard InChI is InChI=1S/C21H24F3N3O/c22-21(23,24)18-5-6-20(25-13-18)27-8-2-7-26(9-10-27)14-17-11-15-3-1-4-16(15)12-19(17)28/h5-6,11-13,28H,1-4,7-10,14H2. The molecule has 150 valence electrons. The SMILES string of the molecule is Oc1cc2c(cc1CN1CCCN(c3ccc(C(F)(F)F)cn3)CC1)CCC2. The predicted molar refractivity (Wildman–Crippen MR) is 101 cm³/mol. The summed E-state index contributed by atoms with van der Waals surface area (Å²) in [5.41, 5.74) is 2.84. The largest absolute Gasteiger partial charge is 0.508 e. The summed E-state index contributed by atoms with van der Waals surface area (Å²) in [5, 5.41) is 10.4. The molecule has 0 radical (unpaired) electrons. The predicted octanol–water partition coefficient (Wildman–Crippen LogP) is 4.01. The van der Waals surface area contributed by atoms with Gasteiger partial charge >= 0.3 is 6.18 Å². The molecule has 2 heterocycles. The summed E-state index contributed by atoms with van der Waals surface area (Å²) in [6.45, 7) is 3.80. The second kappa shape index (κ2) is 7.62. The molecule has 0 bridgehead atoms. The van der Waals surface area contributed by atoms with Gasteiger partial charge < -0.3 is 10.0 Å². The van der Waals surface area contributed by atoms with E-state index < -0.39 is 11.7 Å². The van der Waals surface area contributed by atoms with Crippen LogP contribution in [-0.4, -0.2) is 41.2 Å². The number of aromatic hydroxyl groups is 1. The third-order valence-electron chi connectivity index (χ3n) is 5.67. The molecule has 0 unspecified atom stereocenters. The molecule has 0 atom stereocenters. The van der Waals surface area contributed by atoms with Gasteiger partial charge in [0.2, 0.25) is 0 Å². The van der Waals surface area contributed by atoms with Gasteiger partial charge in [-0.2, -0.15) is 13.2 Å². The quantitative estimate of drug-likeness (QED) is 0.858. The van der Waals surface area contributed by atoms with E-state index in [2.05, 4.69) is 16.0 Å². The molecule has 28 heavy (non-hydrogen) atoms. The molecule has 2 aromatic rings. The summed E-state index contributed by atoms with van der Waals surface area (Å²) in [4.78, 5) is 8.34. The van der Waals surface area contributed by atoms with Crippen molar-refractivity contribution >= 4 is 5.82 Å². The van der Waals surface area contributed by atoms with E-state index in [-0.39, 0.29) is 0 Å². The molecule has 4 rings (SSSR count). The molecule has 2 aliphatic rings. The number of pyridine rings is 1. The Labute approximate surface area is 162 Å². The number of rotatable bonds is 3. The van der Waals surface area contributed by atoms with Gasteiger partial charge in [-0.1, -0.05) is 6.07 Å². The third-order valence-corrected chi connectivity index (χ3v) is 5.67. The number of halogens is 3. The highest BCUT2D eigenvalue weighted by Crippen LogP contribution is 2.31. The average molecular weight is 391 g/mol. The van der Waals surface area contributed by atoms with Gasteiger partial charge in [-0.15, -0.1) is 0 Å². The van der Waals surface area contributed by atoms with Crippen molar-refractivity contribution in [2.24, 2.45) is 0 Å². The van der Waals surface area contributed by atoms with Gasteiger partial charge in [0.25, 0.3) is 0 Å². The topological polar surface area (TPSA) is 39.6 Å². The summed E-state index contributed by atoms with van der Waals surface area (Å²) >= 11 is 0. The zero-order valence-electron chi connectivity index (χ0n) is 15.7. The highest BCUT2D eigenvalue weighted by Gasteiger charge is 2.31. The molecular formula is C21H24F3N3O. The number of nitrogens with zero attached hydrogens (tertiary/aromatic N) is 3. The van der Waals surface area contributed by atoms with E-state index in [1.165, 1.54) is 17.2 Å². The Bertz CT molecular complexity index is 836. The van der Waals surface area contributed by atoms with E-state index in [1.807, 2.05) is 11.0 Å². The van der Waals surface area contributed by atoms with Crippen molar-refractivity contribution in [3.63, 3.8) is 0 Å². The van der Waals surface area contributed by atoms with Crippen LogP contribution in [0.25, 0.3) is 0 Å². The van der Waals surface area contributed by atoms with Crippen LogP contribution in [0.5, 0.6) is 5.75 Å². The summed E-state index contributed by atoms with van der Waals surface area (Å²) in [6, 6.07) is 6.59. The number of phenolic OH excluding ortho intramolecular Hbond substituents is 1. The maximum Gasteiger partial charge on any atom is 0.417 e. The molecule has 1 aliphatic carbocycles. The van der Waals surface area contributed by atoms with Crippen LogP contribution in [0.1, 0.15) is 35.1 Å². The average Bonchev–Trinajstić information content (AvgIpc) is 2.97. The van der Waals surface area contributed by atoms with Gasteiger partial charge in [0.15, 0.2) is 0 Å². The summed E-state index contributed by atoms with van der Waals surface area (Å²) in [7, 11) is 0. The number of hydrogen-bond acceptors (Lipinski definition) is 4. The molecule has 1 aromatic heterocycles. The van der Waals surface area contributed by atoms with E-state index in [9.17, 15) is 18.3 Å². The Morgan fingerprint density at radius 2 is 1.75 bits per heavy atom. The normalized spacial score (nSPS) is 18.2. The van der Waals surface area contributed by atoms with E-state index in [1.54, 1.807) is 0 Å². The van der Waals surface area contributed by atoms with E-state index in [0.29, 0.717) is 24.7 Å². The molecule has 1 aromatic carbocycles. The monoisotopic (exact) mass is 391 g/mol. The van der Waals surface area contributed by atoms with Crippen LogP contribution < -0.4 is 4.90 Å². The first-order valence-corrected chi connectivity index (χ1v) is 9.74. The number of hydrogen-bond donors (Lipinski definition) is 1. The molecule has 0 saturated carbocycles. The number of anilines is 1. The van der Waals surface area contributed by atoms with Crippen molar-refractivity contribution in [1.29, 1.82) is 0 Å². The first-order valence-electron chi connectivity index (χ1n) is 9.74. The van der Waals surface area contributed by atoms with Crippen molar-refractivity contribution < 1.29 is 18.3 Å². The first-order chi connectivity index (χ1) is 13.4. The van der Waals surface area contributed by atoms with E-state index in [0.717, 1.165) is 63.1 Å². The van der Waals surface area contributed by atoms with Gasteiger partial charge in [-0.3, -0.25) is 4.90 Å². The van der Waals surface area contributed by atoms with Crippen LogP contribution in [-0.2, 0) is 25.6 Å². The fourth-order valence-corrected chi connectivity index (χ4v) is 4.13. The lowest BCUT2D eigenvalue weighted by atomic mass is 10.0. The number of aromatic nitrogens is 1. The Kier molecular flexibility index (Phi) is 5.19. The Morgan fingerprint density at radius 1 is 0.964 bits per heavy atom. The smallest absolute Gasteiger partial charge is 0.417 e. The van der Waals surface area contributed by atoms with E-state index >= 15 is 0 Å². The minimum absolute atomic E-state index is 0.367. The molecule has 1 fully saturated rings. The molecular weight excluding hydrogens is 367 g/mol. The van der Waals surface area contributed by atoms with Gasteiger partial charge in [0.05, 0.1) is 5.56 Å². The molecule has 1 aliphatic heterocycles.